The van der Waals surface area contributed by atoms with Gasteiger partial charge in [-0.1, -0.05) is 54.1 Å². The second kappa shape index (κ2) is 5.76. The third-order valence-electron chi connectivity index (χ3n) is 3.59. The van der Waals surface area contributed by atoms with Gasteiger partial charge in [-0.25, -0.2) is 0 Å². The van der Waals surface area contributed by atoms with Gasteiger partial charge in [-0.3, -0.25) is 0 Å². The minimum Gasteiger partial charge on any atom is -0.496 e. The number of aliphatic hydroxyl groups is 1. The van der Waals surface area contributed by atoms with Crippen molar-refractivity contribution in [3.8, 4) is 5.75 Å². The molecule has 0 bridgehead atoms. The molecule has 2 nitrogen and oxygen atoms in total. The zero-order valence-electron chi connectivity index (χ0n) is 11.6. The van der Waals surface area contributed by atoms with E-state index in [2.05, 4.69) is 0 Å². The maximum atomic E-state index is 10.8. The SMILES string of the molecule is COc1ccc2ccccc2c1C(O)c1cccc(Cl)c1. The number of aliphatic hydroxyl groups excluding tert-OH is 1. The monoisotopic (exact) mass is 298 g/mol. The molecule has 3 aromatic rings. The van der Waals surface area contributed by atoms with Gasteiger partial charge in [0.05, 0.1) is 7.11 Å². The predicted octanol–water partition coefficient (Wildman–Crippen LogP) is 4.58. The Morgan fingerprint density at radius 1 is 1.00 bits per heavy atom. The fourth-order valence-corrected chi connectivity index (χ4v) is 2.78. The van der Waals surface area contributed by atoms with Gasteiger partial charge in [0.25, 0.3) is 0 Å². The average Bonchev–Trinajstić information content (AvgIpc) is 2.53. The van der Waals surface area contributed by atoms with Crippen molar-refractivity contribution in [2.24, 2.45) is 0 Å². The van der Waals surface area contributed by atoms with E-state index < -0.39 is 6.10 Å². The number of rotatable bonds is 3. The van der Waals surface area contributed by atoms with Gasteiger partial charge >= 0.3 is 0 Å². The molecule has 0 aliphatic rings. The summed E-state index contributed by atoms with van der Waals surface area (Å²) in [6.45, 7) is 0. The third-order valence-corrected chi connectivity index (χ3v) is 3.82. The average molecular weight is 299 g/mol. The molecule has 3 heteroatoms. The summed E-state index contributed by atoms with van der Waals surface area (Å²) in [7, 11) is 1.61. The molecule has 0 fully saturated rings. The van der Waals surface area contributed by atoms with Crippen LogP contribution in [0.15, 0.2) is 60.7 Å². The van der Waals surface area contributed by atoms with Gasteiger partial charge in [-0.15, -0.1) is 0 Å². The molecule has 0 radical (unpaired) electrons. The first-order valence-corrected chi connectivity index (χ1v) is 7.07. The molecule has 0 heterocycles. The fourth-order valence-electron chi connectivity index (χ4n) is 2.58. The van der Waals surface area contributed by atoms with Crippen LogP contribution in [-0.4, -0.2) is 12.2 Å². The molecule has 0 aliphatic heterocycles. The zero-order valence-corrected chi connectivity index (χ0v) is 12.3. The lowest BCUT2D eigenvalue weighted by Crippen LogP contribution is -2.03. The van der Waals surface area contributed by atoms with Crippen LogP contribution >= 0.6 is 11.6 Å². The van der Waals surface area contributed by atoms with Crippen molar-refractivity contribution in [2.45, 2.75) is 6.10 Å². The van der Waals surface area contributed by atoms with Crippen molar-refractivity contribution in [1.29, 1.82) is 0 Å². The second-order valence-corrected chi connectivity index (χ2v) is 5.30. The summed E-state index contributed by atoms with van der Waals surface area (Å²) in [5.41, 5.74) is 1.51. The summed E-state index contributed by atoms with van der Waals surface area (Å²) in [4.78, 5) is 0. The van der Waals surface area contributed by atoms with Gasteiger partial charge in [0.2, 0.25) is 0 Å². The lowest BCUT2D eigenvalue weighted by Gasteiger charge is -2.18. The quantitative estimate of drug-likeness (QED) is 0.766. The van der Waals surface area contributed by atoms with Crippen molar-refractivity contribution in [1.82, 2.24) is 0 Å². The summed E-state index contributed by atoms with van der Waals surface area (Å²) in [5.74, 6) is 0.668. The highest BCUT2D eigenvalue weighted by atomic mass is 35.5. The van der Waals surface area contributed by atoms with Crippen molar-refractivity contribution < 1.29 is 9.84 Å². The van der Waals surface area contributed by atoms with Gasteiger partial charge in [0.15, 0.2) is 0 Å². The fraction of sp³-hybridized carbons (Fsp3) is 0.111. The van der Waals surface area contributed by atoms with Gasteiger partial charge in [0, 0.05) is 10.6 Å². The van der Waals surface area contributed by atoms with Crippen LogP contribution in [0.2, 0.25) is 5.02 Å². The Hall–Kier alpha value is -2.03. The molecular formula is C18H15ClO2. The molecule has 0 aliphatic carbocycles. The van der Waals surface area contributed by atoms with E-state index in [0.29, 0.717) is 10.8 Å². The van der Waals surface area contributed by atoms with Crippen molar-refractivity contribution in [3.63, 3.8) is 0 Å². The Labute approximate surface area is 128 Å². The summed E-state index contributed by atoms with van der Waals surface area (Å²) in [5, 5.41) is 13.4. The van der Waals surface area contributed by atoms with E-state index in [1.165, 1.54) is 0 Å². The Kier molecular flexibility index (Phi) is 3.82. The number of fused-ring (bicyclic) bond motifs is 1. The van der Waals surface area contributed by atoms with E-state index in [1.54, 1.807) is 19.2 Å². The van der Waals surface area contributed by atoms with E-state index in [0.717, 1.165) is 21.9 Å². The van der Waals surface area contributed by atoms with Gasteiger partial charge in [-0.05, 0) is 34.5 Å². The summed E-state index contributed by atoms with van der Waals surface area (Å²) < 4.78 is 5.43. The van der Waals surface area contributed by atoms with Gasteiger partial charge < -0.3 is 9.84 Å². The molecular weight excluding hydrogens is 284 g/mol. The Morgan fingerprint density at radius 2 is 1.81 bits per heavy atom. The molecule has 1 atom stereocenters. The molecule has 3 aromatic carbocycles. The molecule has 0 spiro atoms. The number of benzene rings is 3. The summed E-state index contributed by atoms with van der Waals surface area (Å²) in [6, 6.07) is 19.1. The van der Waals surface area contributed by atoms with Gasteiger partial charge in [-0.2, -0.15) is 0 Å². The number of halogens is 1. The van der Waals surface area contributed by atoms with E-state index in [1.807, 2.05) is 48.5 Å². The maximum absolute atomic E-state index is 10.8. The topological polar surface area (TPSA) is 29.5 Å². The highest BCUT2D eigenvalue weighted by Crippen LogP contribution is 2.36. The largest absolute Gasteiger partial charge is 0.496 e. The van der Waals surface area contributed by atoms with Crippen LogP contribution < -0.4 is 4.74 Å². The first-order chi connectivity index (χ1) is 10.2. The van der Waals surface area contributed by atoms with Crippen molar-refractivity contribution >= 4 is 22.4 Å². The molecule has 0 amide bonds. The summed E-state index contributed by atoms with van der Waals surface area (Å²) >= 11 is 6.03. The van der Waals surface area contributed by atoms with Gasteiger partial charge in [0.1, 0.15) is 11.9 Å². The highest BCUT2D eigenvalue weighted by molar-refractivity contribution is 6.30. The standard InChI is InChI=1S/C18H15ClO2/c1-21-16-10-9-12-5-2-3-8-15(12)17(16)18(20)13-6-4-7-14(19)11-13/h2-11,18,20H,1H3. The van der Waals surface area contributed by atoms with Crippen LogP contribution in [0.1, 0.15) is 17.2 Å². The van der Waals surface area contributed by atoms with Crippen LogP contribution in [0.3, 0.4) is 0 Å². The molecule has 21 heavy (non-hydrogen) atoms. The smallest absolute Gasteiger partial charge is 0.125 e. The number of hydrogen-bond donors (Lipinski definition) is 1. The van der Waals surface area contributed by atoms with Crippen LogP contribution in [0.5, 0.6) is 5.75 Å². The number of hydrogen-bond acceptors (Lipinski definition) is 2. The Bertz CT molecular complexity index is 783. The predicted molar refractivity (Wildman–Crippen MR) is 86.0 cm³/mol. The Morgan fingerprint density at radius 3 is 2.57 bits per heavy atom. The van der Waals surface area contributed by atoms with E-state index in [-0.39, 0.29) is 0 Å². The minimum absolute atomic E-state index is 0.603. The highest BCUT2D eigenvalue weighted by Gasteiger charge is 2.18. The first-order valence-electron chi connectivity index (χ1n) is 6.70. The van der Waals surface area contributed by atoms with Crippen LogP contribution in [0, 0.1) is 0 Å². The van der Waals surface area contributed by atoms with Crippen LogP contribution in [0.4, 0.5) is 0 Å². The lowest BCUT2D eigenvalue weighted by atomic mass is 9.95. The molecule has 106 valence electrons. The maximum Gasteiger partial charge on any atom is 0.125 e. The molecule has 1 unspecified atom stereocenters. The molecule has 0 aromatic heterocycles. The molecule has 0 saturated heterocycles. The van der Waals surface area contributed by atoms with E-state index >= 15 is 0 Å². The van der Waals surface area contributed by atoms with Crippen molar-refractivity contribution in [3.05, 3.63) is 76.8 Å². The molecule has 1 N–H and O–H groups in total. The first kappa shape index (κ1) is 13.9. The molecule has 3 rings (SSSR count). The number of methoxy groups -OCH3 is 1. The zero-order chi connectivity index (χ0) is 14.8. The van der Waals surface area contributed by atoms with Crippen molar-refractivity contribution in [2.75, 3.05) is 7.11 Å². The molecule has 0 saturated carbocycles. The minimum atomic E-state index is -0.787. The normalized spacial score (nSPS) is 12.3. The summed E-state index contributed by atoms with van der Waals surface area (Å²) in [6.07, 6.45) is -0.787. The van der Waals surface area contributed by atoms with E-state index in [9.17, 15) is 5.11 Å². The lowest BCUT2D eigenvalue weighted by molar-refractivity contribution is 0.216. The Balaban J connectivity index is 2.22. The third kappa shape index (κ3) is 2.60. The second-order valence-electron chi connectivity index (χ2n) is 4.86. The number of ether oxygens (including phenoxy) is 1. The van der Waals surface area contributed by atoms with Crippen LogP contribution in [0.25, 0.3) is 10.8 Å². The van der Waals surface area contributed by atoms with Crippen LogP contribution in [-0.2, 0) is 0 Å². The van der Waals surface area contributed by atoms with E-state index in [4.69, 9.17) is 16.3 Å².